The Morgan fingerprint density at radius 3 is 2.30 bits per heavy atom. The maximum atomic E-state index is 13.4. The Hall–Kier alpha value is -2.32. The van der Waals surface area contributed by atoms with E-state index in [-0.39, 0.29) is 30.1 Å². The third-order valence-corrected chi connectivity index (χ3v) is 6.48. The van der Waals surface area contributed by atoms with Gasteiger partial charge in [-0.3, -0.25) is 4.79 Å². The molecule has 2 aromatic carbocycles. The molecule has 0 bridgehead atoms. The number of sulfonamides is 1. The lowest BCUT2D eigenvalue weighted by Crippen LogP contribution is -2.37. The van der Waals surface area contributed by atoms with E-state index in [1.54, 1.807) is 24.3 Å². The molecule has 1 amide bonds. The van der Waals surface area contributed by atoms with Crippen LogP contribution < -0.4 is 0 Å². The van der Waals surface area contributed by atoms with Crippen molar-refractivity contribution in [1.29, 1.82) is 0 Å². The van der Waals surface area contributed by atoms with Crippen LogP contribution in [0.25, 0.3) is 0 Å². The van der Waals surface area contributed by atoms with Crippen LogP contribution in [-0.4, -0.2) is 49.7 Å². The van der Waals surface area contributed by atoms with E-state index < -0.39 is 27.6 Å². The lowest BCUT2D eigenvalue weighted by atomic mass is 10.2. The summed E-state index contributed by atoms with van der Waals surface area (Å²) in [6, 6.07) is 9.62. The number of aryl methyl sites for hydroxylation is 1. The molecule has 0 radical (unpaired) electrons. The predicted molar refractivity (Wildman–Crippen MR) is 96.8 cm³/mol. The molecular weight excluding hydrogens is 374 g/mol. The molecule has 0 saturated carbocycles. The van der Waals surface area contributed by atoms with Crippen LogP contribution in [0.15, 0.2) is 47.4 Å². The number of rotatable bonds is 3. The van der Waals surface area contributed by atoms with Crippen LogP contribution in [0.5, 0.6) is 0 Å². The van der Waals surface area contributed by atoms with Gasteiger partial charge in [-0.05, 0) is 43.7 Å². The van der Waals surface area contributed by atoms with Gasteiger partial charge in [-0.25, -0.2) is 17.2 Å². The summed E-state index contributed by atoms with van der Waals surface area (Å²) in [5, 5.41) is 0. The number of carbonyl (C=O) groups excluding carboxylic acids is 1. The summed E-state index contributed by atoms with van der Waals surface area (Å²) < 4.78 is 53.4. The summed E-state index contributed by atoms with van der Waals surface area (Å²) >= 11 is 0. The Morgan fingerprint density at radius 1 is 0.926 bits per heavy atom. The summed E-state index contributed by atoms with van der Waals surface area (Å²) in [5.74, 6) is -2.54. The number of halogens is 2. The zero-order valence-electron chi connectivity index (χ0n) is 14.9. The van der Waals surface area contributed by atoms with Gasteiger partial charge in [0, 0.05) is 31.7 Å². The summed E-state index contributed by atoms with van der Waals surface area (Å²) in [5.41, 5.74) is 1.01. The second-order valence-electron chi connectivity index (χ2n) is 6.49. The van der Waals surface area contributed by atoms with Crippen molar-refractivity contribution in [2.24, 2.45) is 0 Å². The molecule has 2 aromatic rings. The van der Waals surface area contributed by atoms with Crippen molar-refractivity contribution in [3.63, 3.8) is 0 Å². The van der Waals surface area contributed by atoms with Crippen molar-refractivity contribution in [2.45, 2.75) is 18.2 Å². The zero-order chi connectivity index (χ0) is 19.6. The van der Waals surface area contributed by atoms with Crippen molar-refractivity contribution in [3.8, 4) is 0 Å². The van der Waals surface area contributed by atoms with Crippen molar-refractivity contribution in [3.05, 3.63) is 65.2 Å². The highest BCUT2D eigenvalue weighted by molar-refractivity contribution is 7.89. The first-order valence-corrected chi connectivity index (χ1v) is 10.0. The first-order valence-electron chi connectivity index (χ1n) is 8.60. The topological polar surface area (TPSA) is 57.7 Å². The number of nitrogens with zero attached hydrogens (tertiary/aromatic N) is 2. The fourth-order valence-corrected chi connectivity index (χ4v) is 4.48. The minimum Gasteiger partial charge on any atom is -0.337 e. The van der Waals surface area contributed by atoms with Gasteiger partial charge in [0.1, 0.15) is 0 Å². The third kappa shape index (κ3) is 4.17. The Morgan fingerprint density at radius 2 is 1.63 bits per heavy atom. The number of amides is 1. The molecule has 0 aromatic heterocycles. The highest BCUT2D eigenvalue weighted by Gasteiger charge is 2.28. The van der Waals surface area contributed by atoms with Crippen molar-refractivity contribution in [2.75, 3.05) is 26.2 Å². The fraction of sp³-hybridized carbons (Fsp3) is 0.316. The maximum absolute atomic E-state index is 13.4. The lowest BCUT2D eigenvalue weighted by Gasteiger charge is -2.22. The molecule has 144 valence electrons. The molecule has 1 heterocycles. The van der Waals surface area contributed by atoms with E-state index in [1.807, 2.05) is 6.92 Å². The number of benzene rings is 2. The van der Waals surface area contributed by atoms with Crippen LogP contribution in [0.3, 0.4) is 0 Å². The zero-order valence-corrected chi connectivity index (χ0v) is 15.7. The van der Waals surface area contributed by atoms with Crippen LogP contribution in [0.4, 0.5) is 8.78 Å². The number of hydrogen-bond acceptors (Lipinski definition) is 3. The first kappa shape index (κ1) is 19.4. The van der Waals surface area contributed by atoms with E-state index in [4.69, 9.17) is 0 Å². The quantitative estimate of drug-likeness (QED) is 0.804. The van der Waals surface area contributed by atoms with Crippen molar-refractivity contribution < 1.29 is 22.0 Å². The molecule has 0 N–H and O–H groups in total. The van der Waals surface area contributed by atoms with Gasteiger partial charge in [-0.2, -0.15) is 4.31 Å². The number of carbonyl (C=O) groups is 1. The SMILES string of the molecule is Cc1ccc(S(=O)(=O)N2CCCN(C(=O)c3ccc(F)c(F)c3)CC2)cc1. The van der Waals surface area contributed by atoms with E-state index in [0.717, 1.165) is 17.7 Å². The van der Waals surface area contributed by atoms with Crippen LogP contribution in [0, 0.1) is 18.6 Å². The lowest BCUT2D eigenvalue weighted by molar-refractivity contribution is 0.0763. The van der Waals surface area contributed by atoms with Gasteiger partial charge in [0.15, 0.2) is 11.6 Å². The predicted octanol–water partition coefficient (Wildman–Crippen LogP) is 2.81. The summed E-state index contributed by atoms with van der Waals surface area (Å²) in [6.45, 7) is 2.84. The van der Waals surface area contributed by atoms with Gasteiger partial charge >= 0.3 is 0 Å². The van der Waals surface area contributed by atoms with Gasteiger partial charge in [0.2, 0.25) is 10.0 Å². The second-order valence-corrected chi connectivity index (χ2v) is 8.43. The van der Waals surface area contributed by atoms with E-state index in [0.29, 0.717) is 13.0 Å². The number of hydrogen-bond donors (Lipinski definition) is 0. The van der Waals surface area contributed by atoms with Crippen LogP contribution in [-0.2, 0) is 10.0 Å². The average Bonchev–Trinajstić information content (AvgIpc) is 2.90. The molecule has 1 aliphatic heterocycles. The molecule has 0 spiro atoms. The Kier molecular flexibility index (Phi) is 5.57. The summed E-state index contributed by atoms with van der Waals surface area (Å²) in [7, 11) is -3.64. The molecule has 8 heteroatoms. The third-order valence-electron chi connectivity index (χ3n) is 4.57. The standard InChI is InChI=1S/C19H20F2N2O3S/c1-14-3-6-16(7-4-14)27(25,26)23-10-2-9-22(11-12-23)19(24)15-5-8-17(20)18(21)13-15/h3-8,13H,2,9-12H2,1H3. The van der Waals surface area contributed by atoms with Gasteiger partial charge in [-0.15, -0.1) is 0 Å². The second kappa shape index (κ2) is 7.74. The van der Waals surface area contributed by atoms with Gasteiger partial charge in [-0.1, -0.05) is 17.7 Å². The monoisotopic (exact) mass is 394 g/mol. The molecule has 0 atom stereocenters. The molecule has 1 saturated heterocycles. The molecular formula is C19H20F2N2O3S. The molecule has 1 aliphatic rings. The Bertz CT molecular complexity index is 946. The molecule has 3 rings (SSSR count). The van der Waals surface area contributed by atoms with Crippen molar-refractivity contribution >= 4 is 15.9 Å². The van der Waals surface area contributed by atoms with E-state index in [2.05, 4.69) is 0 Å². The fourth-order valence-electron chi connectivity index (χ4n) is 3.01. The van der Waals surface area contributed by atoms with E-state index in [9.17, 15) is 22.0 Å². The van der Waals surface area contributed by atoms with Crippen LogP contribution >= 0.6 is 0 Å². The average molecular weight is 394 g/mol. The highest BCUT2D eigenvalue weighted by atomic mass is 32.2. The Balaban J connectivity index is 1.74. The molecule has 5 nitrogen and oxygen atoms in total. The van der Waals surface area contributed by atoms with Crippen LogP contribution in [0.2, 0.25) is 0 Å². The largest absolute Gasteiger partial charge is 0.337 e. The van der Waals surface area contributed by atoms with Gasteiger partial charge in [0.25, 0.3) is 5.91 Å². The van der Waals surface area contributed by atoms with Gasteiger partial charge in [0.05, 0.1) is 4.90 Å². The van der Waals surface area contributed by atoms with E-state index >= 15 is 0 Å². The van der Waals surface area contributed by atoms with Gasteiger partial charge < -0.3 is 4.90 Å². The highest BCUT2D eigenvalue weighted by Crippen LogP contribution is 2.19. The minimum absolute atomic E-state index is 0.0451. The first-order chi connectivity index (χ1) is 12.8. The summed E-state index contributed by atoms with van der Waals surface area (Å²) in [6.07, 6.45) is 0.459. The molecule has 0 unspecified atom stereocenters. The maximum Gasteiger partial charge on any atom is 0.254 e. The minimum atomic E-state index is -3.64. The molecule has 1 fully saturated rings. The molecule has 0 aliphatic carbocycles. The van der Waals surface area contributed by atoms with Crippen molar-refractivity contribution in [1.82, 2.24) is 9.21 Å². The van der Waals surface area contributed by atoms with Crippen LogP contribution in [0.1, 0.15) is 22.3 Å². The molecule has 27 heavy (non-hydrogen) atoms. The van der Waals surface area contributed by atoms with E-state index in [1.165, 1.54) is 15.3 Å². The normalized spacial score (nSPS) is 16.2. The Labute approximate surface area is 157 Å². The smallest absolute Gasteiger partial charge is 0.254 e. The summed E-state index contributed by atoms with van der Waals surface area (Å²) in [4.78, 5) is 14.2.